The van der Waals surface area contributed by atoms with Crippen molar-refractivity contribution in [2.75, 3.05) is 0 Å². The van der Waals surface area contributed by atoms with Crippen LogP contribution in [0.2, 0.25) is 0 Å². The highest BCUT2D eigenvalue weighted by atomic mass is 32.1. The molecule has 4 rings (SSSR count). The maximum atomic E-state index is 13.0. The molecule has 0 atom stereocenters. The van der Waals surface area contributed by atoms with Crippen molar-refractivity contribution in [3.05, 3.63) is 75.6 Å². The maximum Gasteiger partial charge on any atom is 0.173 e. The van der Waals surface area contributed by atoms with Crippen LogP contribution in [-0.4, -0.2) is 20.2 Å². The Bertz CT molecular complexity index is 1100. The van der Waals surface area contributed by atoms with E-state index in [2.05, 4.69) is 42.0 Å². The molecule has 0 saturated heterocycles. The molecule has 1 aromatic carbocycles. The number of pyridine rings is 1. The van der Waals surface area contributed by atoms with Crippen LogP contribution in [0, 0.1) is 20.8 Å². The van der Waals surface area contributed by atoms with E-state index < -0.39 is 0 Å². The van der Waals surface area contributed by atoms with Gasteiger partial charge in [0, 0.05) is 29.7 Å². The number of thiazole rings is 1. The first-order valence-electron chi connectivity index (χ1n) is 8.49. The number of hydrogen-bond acceptors (Lipinski definition) is 4. The molecule has 3 aromatic heterocycles. The van der Waals surface area contributed by atoms with E-state index in [0.717, 1.165) is 21.8 Å². The number of fused-ring (bicyclic) bond motifs is 1. The van der Waals surface area contributed by atoms with Gasteiger partial charge in [0.2, 0.25) is 0 Å². The second-order valence-electron chi connectivity index (χ2n) is 6.66. The predicted octanol–water partition coefficient (Wildman–Crippen LogP) is 4.81. The number of rotatable bonds is 4. The molecule has 4 aromatic rings. The fourth-order valence-corrected chi connectivity index (χ4v) is 4.02. The molecular weight excluding hydrogens is 342 g/mol. The highest BCUT2D eigenvalue weighted by molar-refractivity contribution is 7.09. The third kappa shape index (κ3) is 3.18. The number of hydrogen-bond donors (Lipinski definition) is 0. The smallest absolute Gasteiger partial charge is 0.173 e. The van der Waals surface area contributed by atoms with Gasteiger partial charge in [-0.25, -0.2) is 9.97 Å². The highest BCUT2D eigenvalue weighted by Gasteiger charge is 2.16. The van der Waals surface area contributed by atoms with Crippen LogP contribution in [-0.2, 0) is 6.42 Å². The lowest BCUT2D eigenvalue weighted by atomic mass is 9.99. The summed E-state index contributed by atoms with van der Waals surface area (Å²) in [5.41, 5.74) is 6.82. The number of aryl methyl sites for hydroxylation is 3. The average molecular weight is 361 g/mol. The molecule has 0 amide bonds. The fraction of sp³-hybridized carbons (Fsp3) is 0.190. The van der Waals surface area contributed by atoms with Gasteiger partial charge in [0.05, 0.1) is 12.0 Å². The molecule has 0 aliphatic rings. The van der Waals surface area contributed by atoms with E-state index in [9.17, 15) is 4.79 Å². The van der Waals surface area contributed by atoms with E-state index >= 15 is 0 Å². The van der Waals surface area contributed by atoms with Gasteiger partial charge in [-0.3, -0.25) is 4.79 Å². The Morgan fingerprint density at radius 1 is 1.08 bits per heavy atom. The van der Waals surface area contributed by atoms with Gasteiger partial charge in [0.25, 0.3) is 0 Å². The summed E-state index contributed by atoms with van der Waals surface area (Å²) in [5, 5.41) is 2.81. The molecule has 0 radical (unpaired) electrons. The molecule has 0 unspecified atom stereocenters. The second-order valence-corrected chi connectivity index (χ2v) is 7.60. The Kier molecular flexibility index (Phi) is 4.17. The number of nitrogens with zero attached hydrogens (tertiary/aromatic N) is 3. The van der Waals surface area contributed by atoms with E-state index in [4.69, 9.17) is 0 Å². The molecule has 26 heavy (non-hydrogen) atoms. The zero-order valence-corrected chi connectivity index (χ0v) is 15.8. The van der Waals surface area contributed by atoms with Crippen molar-refractivity contribution in [3.8, 4) is 11.1 Å². The lowest BCUT2D eigenvalue weighted by Crippen LogP contribution is -2.07. The Labute approximate surface area is 156 Å². The summed E-state index contributed by atoms with van der Waals surface area (Å²) in [7, 11) is 0. The largest absolute Gasteiger partial charge is 0.306 e. The zero-order valence-electron chi connectivity index (χ0n) is 15.0. The van der Waals surface area contributed by atoms with Crippen molar-refractivity contribution in [1.82, 2.24) is 14.4 Å². The Hall–Kier alpha value is -2.79. The van der Waals surface area contributed by atoms with Crippen LogP contribution in [0.1, 0.15) is 32.2 Å². The fourth-order valence-electron chi connectivity index (χ4n) is 3.25. The standard InChI is InChI=1S/C21H19N3OS/c1-13-6-14(2)8-16(7-13)17-9-18(21-22-4-5-24(21)11-17)19(25)10-20-23-15(3)12-26-20/h4-9,11-12H,10H2,1-3H3. The van der Waals surface area contributed by atoms with E-state index in [1.165, 1.54) is 22.5 Å². The lowest BCUT2D eigenvalue weighted by molar-refractivity contribution is 0.0994. The number of imidazole rings is 1. The number of aromatic nitrogens is 3. The van der Waals surface area contributed by atoms with Gasteiger partial charge in [-0.2, -0.15) is 0 Å². The Morgan fingerprint density at radius 2 is 1.85 bits per heavy atom. The van der Waals surface area contributed by atoms with E-state index in [-0.39, 0.29) is 5.78 Å². The zero-order chi connectivity index (χ0) is 18.3. The molecule has 0 aliphatic heterocycles. The van der Waals surface area contributed by atoms with Crippen LogP contribution in [0.5, 0.6) is 0 Å². The molecule has 3 heterocycles. The van der Waals surface area contributed by atoms with Crippen molar-refractivity contribution in [1.29, 1.82) is 0 Å². The molecule has 0 N–H and O–H groups in total. The third-order valence-corrected chi connectivity index (χ3v) is 5.29. The molecule has 0 bridgehead atoms. The predicted molar refractivity (Wildman–Crippen MR) is 105 cm³/mol. The van der Waals surface area contributed by atoms with Gasteiger partial charge in [-0.05, 0) is 38.0 Å². The van der Waals surface area contributed by atoms with Crippen LogP contribution in [0.3, 0.4) is 0 Å². The van der Waals surface area contributed by atoms with Crippen molar-refractivity contribution < 1.29 is 4.79 Å². The summed E-state index contributed by atoms with van der Waals surface area (Å²) in [6.45, 7) is 6.12. The summed E-state index contributed by atoms with van der Waals surface area (Å²) in [5.74, 6) is 0.0433. The van der Waals surface area contributed by atoms with Crippen molar-refractivity contribution in [2.24, 2.45) is 0 Å². The summed E-state index contributed by atoms with van der Waals surface area (Å²) < 4.78 is 1.92. The first-order valence-corrected chi connectivity index (χ1v) is 9.37. The first-order chi connectivity index (χ1) is 12.5. The molecule has 0 fully saturated rings. The van der Waals surface area contributed by atoms with Crippen molar-refractivity contribution in [3.63, 3.8) is 0 Å². The Balaban J connectivity index is 1.81. The molecule has 130 valence electrons. The number of carbonyl (C=O) groups excluding carboxylic acids is 1. The summed E-state index contributed by atoms with van der Waals surface area (Å²) in [6, 6.07) is 8.39. The van der Waals surface area contributed by atoms with Crippen LogP contribution >= 0.6 is 11.3 Å². The molecule has 0 spiro atoms. The van der Waals surface area contributed by atoms with E-state index in [0.29, 0.717) is 17.6 Å². The minimum Gasteiger partial charge on any atom is -0.306 e. The van der Waals surface area contributed by atoms with Crippen LogP contribution in [0.25, 0.3) is 16.8 Å². The molecular formula is C21H19N3OS. The quantitative estimate of drug-likeness (QED) is 0.490. The summed E-state index contributed by atoms with van der Waals surface area (Å²) >= 11 is 1.53. The van der Waals surface area contributed by atoms with Gasteiger partial charge in [0.1, 0.15) is 10.7 Å². The first kappa shape index (κ1) is 16.7. The summed E-state index contributed by atoms with van der Waals surface area (Å²) in [6.07, 6.45) is 5.94. The number of carbonyl (C=O) groups is 1. The minimum atomic E-state index is 0.0433. The molecule has 0 saturated carbocycles. The maximum absolute atomic E-state index is 13.0. The number of Topliss-reactive ketones (excluding diaryl/α,β-unsaturated/α-hetero) is 1. The second kappa shape index (κ2) is 6.50. The number of benzene rings is 1. The molecule has 5 heteroatoms. The van der Waals surface area contributed by atoms with Gasteiger partial charge in [-0.15, -0.1) is 11.3 Å². The van der Waals surface area contributed by atoms with Crippen LogP contribution in [0.15, 0.2) is 48.2 Å². The molecule has 4 nitrogen and oxygen atoms in total. The van der Waals surface area contributed by atoms with Gasteiger partial charge >= 0.3 is 0 Å². The number of ketones is 1. The van der Waals surface area contributed by atoms with Crippen molar-refractivity contribution >= 4 is 22.8 Å². The topological polar surface area (TPSA) is 47.3 Å². The van der Waals surface area contributed by atoms with Crippen LogP contribution < -0.4 is 0 Å². The monoisotopic (exact) mass is 361 g/mol. The lowest BCUT2D eigenvalue weighted by Gasteiger charge is -2.09. The van der Waals surface area contributed by atoms with Gasteiger partial charge < -0.3 is 4.40 Å². The summed E-state index contributed by atoms with van der Waals surface area (Å²) in [4.78, 5) is 21.8. The van der Waals surface area contributed by atoms with E-state index in [1.54, 1.807) is 6.20 Å². The van der Waals surface area contributed by atoms with Crippen molar-refractivity contribution in [2.45, 2.75) is 27.2 Å². The Morgan fingerprint density at radius 3 is 2.54 bits per heavy atom. The van der Waals surface area contributed by atoms with Crippen LogP contribution in [0.4, 0.5) is 0 Å². The third-order valence-electron chi connectivity index (χ3n) is 4.32. The van der Waals surface area contributed by atoms with Gasteiger partial charge in [-0.1, -0.05) is 29.3 Å². The SMILES string of the molecule is Cc1cc(C)cc(-c2cc(C(=O)Cc3nc(C)cs3)c3nccn3c2)c1. The van der Waals surface area contributed by atoms with E-state index in [1.807, 2.05) is 35.2 Å². The average Bonchev–Trinajstić information content (AvgIpc) is 3.21. The van der Waals surface area contributed by atoms with Gasteiger partial charge in [0.15, 0.2) is 5.78 Å². The minimum absolute atomic E-state index is 0.0433. The molecule has 0 aliphatic carbocycles. The normalized spacial score (nSPS) is 11.2. The highest BCUT2D eigenvalue weighted by Crippen LogP contribution is 2.26.